The van der Waals surface area contributed by atoms with Gasteiger partial charge in [0.05, 0.1) is 18.5 Å². The highest BCUT2D eigenvalue weighted by molar-refractivity contribution is 7.66. The number of hydrogen-bond acceptors (Lipinski definition) is 16. The molecule has 0 aliphatic carbocycles. The molecule has 2 aromatic carbocycles. The molecule has 6 atom stereocenters. The first-order chi connectivity index (χ1) is 25.4. The first-order valence-electron chi connectivity index (χ1n) is 16.1. The Morgan fingerprint density at radius 2 is 1.44 bits per heavy atom. The summed E-state index contributed by atoms with van der Waals surface area (Å²) in [6.45, 7) is 9.06. The van der Waals surface area contributed by atoms with Crippen LogP contribution in [-0.4, -0.2) is 105 Å². The molecule has 1 saturated heterocycles. The Balaban J connectivity index is 0.000000845. The summed E-state index contributed by atoms with van der Waals surface area (Å²) in [5, 5.41) is 11.2. The summed E-state index contributed by atoms with van der Waals surface area (Å²) in [5.74, 6) is -1.35. The summed E-state index contributed by atoms with van der Waals surface area (Å²) < 4.78 is 59.5. The Kier molecular flexibility index (Phi) is 14.5. The lowest BCUT2D eigenvalue weighted by Crippen LogP contribution is -2.38. The van der Waals surface area contributed by atoms with Crippen molar-refractivity contribution >= 4 is 52.2 Å². The van der Waals surface area contributed by atoms with Crippen LogP contribution >= 0.6 is 23.5 Å². The van der Waals surface area contributed by atoms with Crippen molar-refractivity contribution in [3.05, 3.63) is 83.9 Å². The molecule has 0 radical (unpaired) electrons. The zero-order chi connectivity index (χ0) is 39.8. The van der Waals surface area contributed by atoms with Gasteiger partial charge in [-0.1, -0.05) is 63.2 Å². The second-order valence-electron chi connectivity index (χ2n) is 11.3. The number of anilines is 1. The van der Waals surface area contributed by atoms with Crippen molar-refractivity contribution in [2.24, 2.45) is 0 Å². The van der Waals surface area contributed by atoms with E-state index in [1.165, 1.54) is 54.8 Å². The molecule has 0 amide bonds. The van der Waals surface area contributed by atoms with Crippen LogP contribution in [0.5, 0.6) is 0 Å². The van der Waals surface area contributed by atoms with Gasteiger partial charge >= 0.3 is 29.4 Å². The average molecular weight is 817 g/mol. The molecular weight excluding hydrogens is 777 g/mol. The topological polar surface area (TPSA) is 306 Å². The van der Waals surface area contributed by atoms with Crippen molar-refractivity contribution < 1.29 is 70.6 Å². The van der Waals surface area contributed by atoms with Gasteiger partial charge in [0.25, 0.3) is 0 Å². The molecule has 2 aromatic heterocycles. The lowest BCUT2D eigenvalue weighted by atomic mass is 10.0. The number of rotatable bonds is 15. The van der Waals surface area contributed by atoms with Crippen LogP contribution in [0.25, 0.3) is 11.2 Å². The number of aromatic nitrogens is 4. The number of nitrogens with two attached hydrogens (primary N) is 1. The highest BCUT2D eigenvalue weighted by atomic mass is 31.3. The molecule has 6 unspecified atom stereocenters. The van der Waals surface area contributed by atoms with Gasteiger partial charge in [-0.3, -0.25) is 13.9 Å². The predicted molar refractivity (Wildman–Crippen MR) is 188 cm³/mol. The molecule has 0 spiro atoms. The maximum atomic E-state index is 13.2. The first-order valence-corrected chi connectivity index (χ1v) is 20.6. The third-order valence-electron chi connectivity index (χ3n) is 7.79. The van der Waals surface area contributed by atoms with E-state index < -0.39 is 60.6 Å². The fourth-order valence-electron chi connectivity index (χ4n) is 5.13. The van der Waals surface area contributed by atoms with Gasteiger partial charge in [-0.05, 0) is 31.8 Å². The highest BCUT2D eigenvalue weighted by Crippen LogP contribution is 2.66. The zero-order valence-electron chi connectivity index (χ0n) is 29.0. The largest absolute Gasteiger partial charge is 0.490 e. The number of fused-ring (bicyclic) bond motifs is 1. The molecular formula is C30H39N6O15P3. The minimum Gasteiger partial charge on any atom is -0.453 e. The molecule has 294 valence electrons. The number of ketones is 1. The predicted octanol–water partition coefficient (Wildman–Crippen LogP) is 2.81. The van der Waals surface area contributed by atoms with E-state index >= 15 is 0 Å². The number of aliphatic hydroxyl groups is 1. The van der Waals surface area contributed by atoms with E-state index in [-0.39, 0.29) is 33.9 Å². The Bertz CT molecular complexity index is 2040. The van der Waals surface area contributed by atoms with Crippen molar-refractivity contribution in [2.75, 3.05) is 32.0 Å². The quantitative estimate of drug-likeness (QED) is 0.0571. The fourth-order valence-corrected chi connectivity index (χ4v) is 8.16. The normalized spacial score (nSPS) is 20.8. The van der Waals surface area contributed by atoms with Crippen LogP contribution in [0.3, 0.4) is 0 Å². The molecule has 24 heteroatoms. The second-order valence-corrected chi connectivity index (χ2v) is 15.7. The number of imidazole rings is 1. The van der Waals surface area contributed by atoms with Crippen molar-refractivity contribution in [1.29, 1.82) is 0 Å². The molecule has 21 nitrogen and oxygen atoms in total. The number of benzene rings is 2. The summed E-state index contributed by atoms with van der Waals surface area (Å²) in [6, 6.07) is 13.7. The highest BCUT2D eigenvalue weighted by Gasteiger charge is 2.49. The second kappa shape index (κ2) is 18.2. The number of aliphatic hydroxyl groups excluding tert-OH is 1. The number of nitrogens with zero attached hydrogens (tertiary/aromatic N) is 5. The number of phosphoric acid groups is 3. The van der Waals surface area contributed by atoms with Crippen LogP contribution in [0.4, 0.5) is 5.82 Å². The van der Waals surface area contributed by atoms with Gasteiger partial charge in [0.15, 0.2) is 29.6 Å². The maximum absolute atomic E-state index is 13.2. The Labute approximate surface area is 308 Å². The first kappa shape index (κ1) is 43.0. The van der Waals surface area contributed by atoms with Gasteiger partial charge in [0, 0.05) is 11.1 Å². The van der Waals surface area contributed by atoms with E-state index in [0.717, 1.165) is 6.33 Å². The van der Waals surface area contributed by atoms with Crippen LogP contribution in [-0.2, 0) is 36.3 Å². The summed E-state index contributed by atoms with van der Waals surface area (Å²) >= 11 is 0. The molecule has 0 saturated carbocycles. The number of carbonyl (C=O) groups excluding carboxylic acids is 2. The number of ether oxygens (including phenoxy) is 2. The molecule has 1 aliphatic rings. The lowest BCUT2D eigenvalue weighted by Gasteiger charge is -2.22. The van der Waals surface area contributed by atoms with Crippen molar-refractivity contribution in [1.82, 2.24) is 24.4 Å². The zero-order valence-corrected chi connectivity index (χ0v) is 31.6. The van der Waals surface area contributed by atoms with Crippen molar-refractivity contribution in [2.45, 2.75) is 45.3 Å². The fraction of sp³-hybridized carbons (Fsp3) is 0.367. The van der Waals surface area contributed by atoms with Gasteiger partial charge in [-0.25, -0.2) is 33.4 Å². The Morgan fingerprint density at radius 1 is 0.852 bits per heavy atom. The van der Waals surface area contributed by atoms with Crippen LogP contribution < -0.4 is 5.73 Å². The third kappa shape index (κ3) is 11.4. The lowest BCUT2D eigenvalue weighted by molar-refractivity contribution is -0.0520. The minimum atomic E-state index is -5.84. The third-order valence-corrected chi connectivity index (χ3v) is 11.6. The molecule has 5 rings (SSSR count). The number of phosphoric ester groups is 1. The van der Waals surface area contributed by atoms with E-state index in [9.17, 15) is 38.2 Å². The molecule has 4 aromatic rings. The Hall–Kier alpha value is -3.78. The van der Waals surface area contributed by atoms with E-state index in [1.54, 1.807) is 30.3 Å². The number of carbonyl (C=O) groups is 2. The SMILES string of the molecule is CCN(CC)CC.Nc1ncnc2c1ncn2C1OC(COP(=O)(O)OP(=O)(O)OP(=O)(O)O)C(OC(=O)c2ccc(C(=O)c3ccccc3)cc2)C1O. The molecule has 0 bridgehead atoms. The minimum absolute atomic E-state index is 0.0115. The van der Waals surface area contributed by atoms with Crippen molar-refractivity contribution in [3.8, 4) is 0 Å². The summed E-state index contributed by atoms with van der Waals surface area (Å²) in [5.41, 5.74) is 6.64. The van der Waals surface area contributed by atoms with E-state index in [1.807, 2.05) is 0 Å². The monoisotopic (exact) mass is 816 g/mol. The maximum Gasteiger partial charge on any atom is 0.490 e. The molecule has 1 fully saturated rings. The summed E-state index contributed by atoms with van der Waals surface area (Å²) in [4.78, 5) is 77.0. The van der Waals surface area contributed by atoms with Gasteiger partial charge in [-0.15, -0.1) is 0 Å². The number of esters is 1. The molecule has 3 heterocycles. The van der Waals surface area contributed by atoms with E-state index in [2.05, 4.69) is 53.8 Å². The van der Waals surface area contributed by atoms with Crippen LogP contribution in [0.2, 0.25) is 0 Å². The van der Waals surface area contributed by atoms with Crippen LogP contribution in [0, 0.1) is 0 Å². The van der Waals surface area contributed by atoms with Gasteiger partial charge in [0.1, 0.15) is 24.1 Å². The van der Waals surface area contributed by atoms with Gasteiger partial charge in [-0.2, -0.15) is 8.62 Å². The average Bonchev–Trinajstić information content (AvgIpc) is 3.68. The number of nitrogen functional groups attached to an aromatic ring is 1. The van der Waals surface area contributed by atoms with Crippen LogP contribution in [0.15, 0.2) is 67.3 Å². The van der Waals surface area contributed by atoms with E-state index in [4.69, 9.17) is 25.0 Å². The smallest absolute Gasteiger partial charge is 0.453 e. The molecule has 7 N–H and O–H groups in total. The van der Waals surface area contributed by atoms with Gasteiger partial charge < -0.3 is 44.8 Å². The van der Waals surface area contributed by atoms with E-state index in [0.29, 0.717) is 5.56 Å². The standard InChI is InChI=1S/C24H24N5O15P3.C6H15N/c25-21-17-22(27-11-26-21)29(12-28-17)23-19(31)20(16(41-23)10-40-46(36,37)44-47(38,39)43-45(33,34)35)42-24(32)15-8-6-14(7-9-15)18(30)13-4-2-1-3-5-13;1-4-7(5-2)6-3/h1-9,11-12,16,19-20,23,31H,10H2,(H,36,37)(H,38,39)(H2,25,26,27)(H2,33,34,35);4-6H2,1-3H3. The summed E-state index contributed by atoms with van der Waals surface area (Å²) in [7, 11) is -17.1. The van der Waals surface area contributed by atoms with Crippen molar-refractivity contribution in [3.63, 3.8) is 0 Å². The summed E-state index contributed by atoms with van der Waals surface area (Å²) in [6.07, 6.45) is -4.15. The Morgan fingerprint density at radius 3 is 2.02 bits per heavy atom. The molecule has 1 aliphatic heterocycles. The molecule has 54 heavy (non-hydrogen) atoms. The van der Waals surface area contributed by atoms with Crippen LogP contribution in [0.1, 0.15) is 53.3 Å². The van der Waals surface area contributed by atoms with Gasteiger partial charge in [0.2, 0.25) is 0 Å². The number of hydrogen-bond donors (Lipinski definition) is 6.